The van der Waals surface area contributed by atoms with Crippen LogP contribution in [0.25, 0.3) is 0 Å². The van der Waals surface area contributed by atoms with Crippen molar-refractivity contribution in [2.45, 2.75) is 39.3 Å². The highest BCUT2D eigenvalue weighted by atomic mass is 19.1. The molecule has 1 aliphatic rings. The summed E-state index contributed by atoms with van der Waals surface area (Å²) in [5.74, 6) is -0.0862. The van der Waals surface area contributed by atoms with Crippen molar-refractivity contribution < 1.29 is 9.18 Å². The molecule has 1 fully saturated rings. The Balaban J connectivity index is 1.48. The van der Waals surface area contributed by atoms with E-state index < -0.39 is 0 Å². The maximum atomic E-state index is 13.0. The number of hydrogen-bond donors (Lipinski definition) is 1. The van der Waals surface area contributed by atoms with Crippen molar-refractivity contribution in [2.24, 2.45) is 5.92 Å². The Morgan fingerprint density at radius 1 is 1.19 bits per heavy atom. The zero-order valence-corrected chi connectivity index (χ0v) is 15.5. The fraction of sp³-hybridized carbons (Fsp3) is 0.409. The fourth-order valence-corrected chi connectivity index (χ4v) is 3.59. The van der Waals surface area contributed by atoms with Crippen LogP contribution in [0.3, 0.4) is 0 Å². The van der Waals surface area contributed by atoms with Crippen LogP contribution in [0.4, 0.5) is 4.39 Å². The highest BCUT2D eigenvalue weighted by Gasteiger charge is 2.26. The first kappa shape index (κ1) is 18.6. The van der Waals surface area contributed by atoms with E-state index in [1.54, 1.807) is 12.1 Å². The molecular weight excluding hydrogens is 327 g/mol. The molecule has 0 bridgehead atoms. The SMILES string of the molecule is Cc1cccc(CN2CCC(C(=O)N[C@H](C)c3ccc(F)cc3)CC2)c1. The summed E-state index contributed by atoms with van der Waals surface area (Å²) in [5, 5.41) is 3.08. The van der Waals surface area contributed by atoms with Crippen molar-refractivity contribution in [3.8, 4) is 0 Å². The number of benzene rings is 2. The quantitative estimate of drug-likeness (QED) is 0.872. The molecule has 138 valence electrons. The molecule has 1 saturated heterocycles. The van der Waals surface area contributed by atoms with E-state index in [1.165, 1.54) is 23.3 Å². The predicted molar refractivity (Wildman–Crippen MR) is 102 cm³/mol. The second kappa shape index (κ2) is 8.45. The number of piperidine rings is 1. The van der Waals surface area contributed by atoms with Gasteiger partial charge in [0, 0.05) is 12.5 Å². The van der Waals surface area contributed by atoms with E-state index in [-0.39, 0.29) is 23.7 Å². The normalized spacial score (nSPS) is 17.0. The number of rotatable bonds is 5. The van der Waals surface area contributed by atoms with Gasteiger partial charge in [0.2, 0.25) is 5.91 Å². The third kappa shape index (κ3) is 4.92. The summed E-state index contributed by atoms with van der Waals surface area (Å²) in [5.41, 5.74) is 3.54. The number of nitrogens with one attached hydrogen (secondary N) is 1. The van der Waals surface area contributed by atoms with E-state index in [0.29, 0.717) is 0 Å². The minimum absolute atomic E-state index is 0.0617. The van der Waals surface area contributed by atoms with Gasteiger partial charge in [0.1, 0.15) is 5.82 Å². The zero-order chi connectivity index (χ0) is 18.5. The summed E-state index contributed by atoms with van der Waals surface area (Å²) in [7, 11) is 0. The van der Waals surface area contributed by atoms with E-state index in [4.69, 9.17) is 0 Å². The largest absolute Gasteiger partial charge is 0.349 e. The highest BCUT2D eigenvalue weighted by molar-refractivity contribution is 5.79. The Morgan fingerprint density at radius 2 is 1.88 bits per heavy atom. The molecule has 4 heteroatoms. The second-order valence-electron chi connectivity index (χ2n) is 7.32. The minimum Gasteiger partial charge on any atom is -0.349 e. The van der Waals surface area contributed by atoms with Gasteiger partial charge < -0.3 is 5.32 Å². The lowest BCUT2D eigenvalue weighted by Gasteiger charge is -2.32. The summed E-state index contributed by atoms with van der Waals surface area (Å²) in [6.07, 6.45) is 1.77. The Bertz CT molecular complexity index is 736. The third-order valence-corrected chi connectivity index (χ3v) is 5.18. The van der Waals surface area contributed by atoms with E-state index in [2.05, 4.69) is 41.4 Å². The molecule has 0 aromatic heterocycles. The maximum Gasteiger partial charge on any atom is 0.223 e. The predicted octanol–water partition coefficient (Wildman–Crippen LogP) is 4.22. The van der Waals surface area contributed by atoms with E-state index in [0.717, 1.165) is 38.0 Å². The van der Waals surface area contributed by atoms with Crippen LogP contribution < -0.4 is 5.32 Å². The molecule has 0 unspecified atom stereocenters. The maximum absolute atomic E-state index is 13.0. The van der Waals surface area contributed by atoms with Gasteiger partial charge in [0.15, 0.2) is 0 Å². The van der Waals surface area contributed by atoms with Crippen LogP contribution in [0.5, 0.6) is 0 Å². The molecule has 2 aromatic rings. The Morgan fingerprint density at radius 3 is 2.54 bits per heavy atom. The van der Waals surface area contributed by atoms with Gasteiger partial charge in [-0.2, -0.15) is 0 Å². The van der Waals surface area contributed by atoms with Crippen molar-refractivity contribution in [2.75, 3.05) is 13.1 Å². The number of carbonyl (C=O) groups is 1. The molecule has 0 saturated carbocycles. The zero-order valence-electron chi connectivity index (χ0n) is 15.5. The van der Waals surface area contributed by atoms with Crippen LogP contribution in [-0.4, -0.2) is 23.9 Å². The fourth-order valence-electron chi connectivity index (χ4n) is 3.59. The summed E-state index contributed by atoms with van der Waals surface area (Å²) in [4.78, 5) is 15.0. The van der Waals surface area contributed by atoms with Crippen molar-refractivity contribution >= 4 is 5.91 Å². The number of likely N-dealkylation sites (tertiary alicyclic amines) is 1. The molecule has 0 radical (unpaired) electrons. The van der Waals surface area contributed by atoms with Gasteiger partial charge in [-0.1, -0.05) is 42.0 Å². The summed E-state index contributed by atoms with van der Waals surface area (Å²) in [6, 6.07) is 14.8. The Hall–Kier alpha value is -2.20. The van der Waals surface area contributed by atoms with Gasteiger partial charge in [-0.05, 0) is 63.0 Å². The first-order valence-corrected chi connectivity index (χ1v) is 9.35. The van der Waals surface area contributed by atoms with E-state index >= 15 is 0 Å². The average Bonchev–Trinajstić information content (AvgIpc) is 2.63. The lowest BCUT2D eigenvalue weighted by molar-refractivity contribution is -0.127. The summed E-state index contributed by atoms with van der Waals surface area (Å²) < 4.78 is 13.0. The molecule has 3 nitrogen and oxygen atoms in total. The molecule has 1 amide bonds. The van der Waals surface area contributed by atoms with E-state index in [9.17, 15) is 9.18 Å². The van der Waals surface area contributed by atoms with Crippen molar-refractivity contribution in [3.63, 3.8) is 0 Å². The van der Waals surface area contributed by atoms with Gasteiger partial charge in [-0.15, -0.1) is 0 Å². The summed E-state index contributed by atoms with van der Waals surface area (Å²) in [6.45, 7) is 6.89. The van der Waals surface area contributed by atoms with Gasteiger partial charge in [-0.25, -0.2) is 4.39 Å². The molecule has 1 heterocycles. The van der Waals surface area contributed by atoms with E-state index in [1.807, 2.05) is 6.92 Å². The number of carbonyl (C=O) groups excluding carboxylic acids is 1. The minimum atomic E-state index is -0.256. The number of amides is 1. The molecule has 1 atom stereocenters. The van der Waals surface area contributed by atoms with Gasteiger partial charge in [-0.3, -0.25) is 9.69 Å². The molecule has 1 aliphatic heterocycles. The molecule has 0 spiro atoms. The number of hydrogen-bond acceptors (Lipinski definition) is 2. The summed E-state index contributed by atoms with van der Waals surface area (Å²) >= 11 is 0. The molecule has 2 aromatic carbocycles. The lowest BCUT2D eigenvalue weighted by Crippen LogP contribution is -2.40. The number of nitrogens with zero attached hydrogens (tertiary/aromatic N) is 1. The Kier molecular flexibility index (Phi) is 6.04. The van der Waals surface area contributed by atoms with Crippen LogP contribution in [0.15, 0.2) is 48.5 Å². The first-order valence-electron chi connectivity index (χ1n) is 9.35. The molecular formula is C22H27FN2O. The Labute approximate surface area is 155 Å². The van der Waals surface area contributed by atoms with Gasteiger partial charge >= 0.3 is 0 Å². The third-order valence-electron chi connectivity index (χ3n) is 5.18. The topological polar surface area (TPSA) is 32.3 Å². The van der Waals surface area contributed by atoms with Crippen LogP contribution in [0.1, 0.15) is 42.5 Å². The monoisotopic (exact) mass is 354 g/mol. The number of halogens is 1. The molecule has 26 heavy (non-hydrogen) atoms. The van der Waals surface area contributed by atoms with Crippen LogP contribution >= 0.6 is 0 Å². The van der Waals surface area contributed by atoms with Crippen molar-refractivity contribution in [1.82, 2.24) is 10.2 Å². The van der Waals surface area contributed by atoms with Gasteiger partial charge in [0.05, 0.1) is 6.04 Å². The van der Waals surface area contributed by atoms with Crippen LogP contribution in [-0.2, 0) is 11.3 Å². The molecule has 1 N–H and O–H groups in total. The highest BCUT2D eigenvalue weighted by Crippen LogP contribution is 2.21. The standard InChI is InChI=1S/C22H27FN2O/c1-16-4-3-5-18(14-16)15-25-12-10-20(11-13-25)22(26)24-17(2)19-6-8-21(23)9-7-19/h3-9,14,17,20H,10-13,15H2,1-2H3,(H,24,26)/t17-/m1/s1. The molecule has 0 aliphatic carbocycles. The lowest BCUT2D eigenvalue weighted by atomic mass is 9.94. The smallest absolute Gasteiger partial charge is 0.223 e. The van der Waals surface area contributed by atoms with Crippen LogP contribution in [0.2, 0.25) is 0 Å². The second-order valence-corrected chi connectivity index (χ2v) is 7.32. The van der Waals surface area contributed by atoms with Crippen LogP contribution in [0, 0.1) is 18.7 Å². The van der Waals surface area contributed by atoms with Crippen molar-refractivity contribution in [3.05, 3.63) is 71.0 Å². The first-order chi connectivity index (χ1) is 12.5. The van der Waals surface area contributed by atoms with Gasteiger partial charge in [0.25, 0.3) is 0 Å². The molecule has 3 rings (SSSR count). The van der Waals surface area contributed by atoms with Crippen molar-refractivity contribution in [1.29, 1.82) is 0 Å². The average molecular weight is 354 g/mol. The number of aryl methyl sites for hydroxylation is 1.